The number of hydrogen-bond acceptors (Lipinski definition) is 7. The van der Waals surface area contributed by atoms with Gasteiger partial charge in [0.2, 0.25) is 0 Å². The molecule has 378 valence electrons. The summed E-state index contributed by atoms with van der Waals surface area (Å²) in [7, 11) is 0. The monoisotopic (exact) mass is 989 g/mol. The molecule has 0 aliphatic heterocycles. The molecular formula is C62H92N4S3. The fourth-order valence-electron chi connectivity index (χ4n) is 10.6. The Balaban J connectivity index is 1.36. The molecule has 0 aliphatic rings. The van der Waals surface area contributed by atoms with Crippen molar-refractivity contribution in [3.05, 3.63) is 70.4 Å². The SMILES string of the molecule is CCCCCCCCCCCCc1csc(-c2ccc(-c3cc(CCCCCCCCCCCC)c(-c4cccc5nsnc45)s3)c3nc(CC(CC)CCCC)c(CC(CC)CCCC)nc23)c1. The average Bonchev–Trinajstić information content (AvgIpc) is 4.16. The standard InChI is InChI=1S/C62H92N4S3/c1-7-13-17-19-21-23-25-27-29-31-36-49-44-57(67-46-49)51-40-41-52(61-60(51)63-55(42-47(11-5)34-15-9-3)56(64-61)43-48(12-6)35-16-10-4)58-45-50(37-32-30-28-26-24-22-20-18-14-8-2)62(68-58)53-38-33-39-54-59(53)66-69-65-54/h33,38-41,44-48H,7-32,34-37,42-43H2,1-6H3. The largest absolute Gasteiger partial charge is 0.249 e. The van der Waals surface area contributed by atoms with E-state index in [1.165, 1.54) is 245 Å². The second kappa shape index (κ2) is 31.5. The molecule has 2 unspecified atom stereocenters. The van der Waals surface area contributed by atoms with Crippen molar-refractivity contribution in [3.8, 4) is 31.3 Å². The second-order valence-corrected chi connectivity index (χ2v) is 23.3. The smallest absolute Gasteiger partial charge is 0.113 e. The maximum absolute atomic E-state index is 5.92. The summed E-state index contributed by atoms with van der Waals surface area (Å²) in [5.74, 6) is 1.25. The highest BCUT2D eigenvalue weighted by molar-refractivity contribution is 7.19. The molecule has 2 atom stereocenters. The molecule has 7 heteroatoms. The Morgan fingerprint density at radius 1 is 0.464 bits per heavy atom. The van der Waals surface area contributed by atoms with Crippen LogP contribution in [-0.4, -0.2) is 18.7 Å². The molecule has 0 bridgehead atoms. The number of rotatable bonds is 37. The van der Waals surface area contributed by atoms with Crippen molar-refractivity contribution in [2.45, 2.75) is 247 Å². The topological polar surface area (TPSA) is 51.6 Å². The molecule has 69 heavy (non-hydrogen) atoms. The summed E-state index contributed by atoms with van der Waals surface area (Å²) in [6.07, 6.45) is 41.4. The summed E-state index contributed by atoms with van der Waals surface area (Å²) >= 11 is 5.18. The number of thiophene rings is 2. The van der Waals surface area contributed by atoms with E-state index in [0.717, 1.165) is 47.8 Å². The van der Waals surface area contributed by atoms with Crippen LogP contribution in [0.5, 0.6) is 0 Å². The number of fused-ring (bicyclic) bond motifs is 2. The molecule has 0 N–H and O–H groups in total. The van der Waals surface area contributed by atoms with Gasteiger partial charge in [-0.2, -0.15) is 8.75 Å². The van der Waals surface area contributed by atoms with Gasteiger partial charge in [0.25, 0.3) is 0 Å². The van der Waals surface area contributed by atoms with Crippen LogP contribution in [0.4, 0.5) is 0 Å². The molecule has 6 rings (SSSR count). The van der Waals surface area contributed by atoms with Crippen LogP contribution in [0.3, 0.4) is 0 Å². The summed E-state index contributed by atoms with van der Waals surface area (Å²) in [5.41, 5.74) is 13.4. The third kappa shape index (κ3) is 17.1. The first-order valence-corrected chi connectivity index (χ1v) is 31.2. The zero-order valence-electron chi connectivity index (χ0n) is 44.4. The molecule has 4 aromatic heterocycles. The molecule has 0 radical (unpaired) electrons. The molecule has 0 saturated heterocycles. The third-order valence-electron chi connectivity index (χ3n) is 15.2. The van der Waals surface area contributed by atoms with E-state index in [-0.39, 0.29) is 0 Å². The van der Waals surface area contributed by atoms with E-state index in [1.54, 1.807) is 0 Å². The van der Waals surface area contributed by atoms with Crippen molar-refractivity contribution in [1.82, 2.24) is 18.7 Å². The van der Waals surface area contributed by atoms with Crippen LogP contribution >= 0.6 is 34.4 Å². The van der Waals surface area contributed by atoms with Gasteiger partial charge in [0.1, 0.15) is 11.0 Å². The van der Waals surface area contributed by atoms with E-state index in [1.807, 2.05) is 22.7 Å². The van der Waals surface area contributed by atoms with Crippen molar-refractivity contribution < 1.29 is 0 Å². The van der Waals surface area contributed by atoms with Crippen LogP contribution < -0.4 is 0 Å². The molecule has 4 heterocycles. The zero-order chi connectivity index (χ0) is 48.5. The Labute approximate surface area is 433 Å². The number of aromatic nitrogens is 4. The summed E-state index contributed by atoms with van der Waals surface area (Å²) in [4.78, 5) is 15.8. The summed E-state index contributed by atoms with van der Waals surface area (Å²) in [5, 5.41) is 2.43. The van der Waals surface area contributed by atoms with Crippen molar-refractivity contribution in [2.75, 3.05) is 0 Å². The molecule has 4 nitrogen and oxygen atoms in total. The normalized spacial score (nSPS) is 12.8. The van der Waals surface area contributed by atoms with Gasteiger partial charge in [0.15, 0.2) is 0 Å². The van der Waals surface area contributed by atoms with Crippen molar-refractivity contribution in [2.24, 2.45) is 11.8 Å². The molecular weight excluding hydrogens is 897 g/mol. The summed E-state index contributed by atoms with van der Waals surface area (Å²) in [6.45, 7) is 14.1. The van der Waals surface area contributed by atoms with Gasteiger partial charge in [-0.05, 0) is 85.1 Å². The maximum Gasteiger partial charge on any atom is 0.113 e. The minimum absolute atomic E-state index is 0.622. The van der Waals surface area contributed by atoms with E-state index >= 15 is 0 Å². The minimum atomic E-state index is 0.622. The average molecular weight is 990 g/mol. The van der Waals surface area contributed by atoms with Crippen LogP contribution in [0.15, 0.2) is 47.8 Å². The lowest BCUT2D eigenvalue weighted by atomic mass is 9.89. The Hall–Kier alpha value is -3.00. The summed E-state index contributed by atoms with van der Waals surface area (Å²) < 4.78 is 9.54. The lowest BCUT2D eigenvalue weighted by Crippen LogP contribution is -2.14. The van der Waals surface area contributed by atoms with Gasteiger partial charge < -0.3 is 0 Å². The highest BCUT2D eigenvalue weighted by Crippen LogP contribution is 2.45. The number of nitrogens with zero attached hydrogens (tertiary/aromatic N) is 4. The Bertz CT molecular complexity index is 2330. The third-order valence-corrected chi connectivity index (χ3v) is 18.0. The van der Waals surface area contributed by atoms with Gasteiger partial charge >= 0.3 is 0 Å². The van der Waals surface area contributed by atoms with E-state index < -0.39 is 0 Å². The number of unbranched alkanes of at least 4 members (excludes halogenated alkanes) is 20. The highest BCUT2D eigenvalue weighted by Gasteiger charge is 2.24. The maximum atomic E-state index is 5.92. The molecule has 6 aromatic rings. The predicted octanol–water partition coefficient (Wildman–Crippen LogP) is 21.2. The van der Waals surface area contributed by atoms with Gasteiger partial charge in [0.05, 0.1) is 34.1 Å². The fraction of sp³-hybridized carbons (Fsp3) is 0.645. The minimum Gasteiger partial charge on any atom is -0.249 e. The van der Waals surface area contributed by atoms with Gasteiger partial charge in [-0.3, -0.25) is 0 Å². The molecule has 0 spiro atoms. The van der Waals surface area contributed by atoms with Gasteiger partial charge in [-0.25, -0.2) is 9.97 Å². The molecule has 0 amide bonds. The Morgan fingerprint density at radius 3 is 1.51 bits per heavy atom. The second-order valence-electron chi connectivity index (χ2n) is 20.8. The van der Waals surface area contributed by atoms with Crippen LogP contribution in [0, 0.1) is 11.8 Å². The first kappa shape index (κ1) is 55.3. The number of benzene rings is 2. The Morgan fingerprint density at radius 2 is 0.971 bits per heavy atom. The van der Waals surface area contributed by atoms with Gasteiger partial charge in [-0.15, -0.1) is 22.7 Å². The molecule has 0 saturated carbocycles. The zero-order valence-corrected chi connectivity index (χ0v) is 46.9. The molecule has 0 aliphatic carbocycles. The van der Waals surface area contributed by atoms with Crippen LogP contribution in [0.1, 0.15) is 244 Å². The van der Waals surface area contributed by atoms with Crippen molar-refractivity contribution in [3.63, 3.8) is 0 Å². The lowest BCUT2D eigenvalue weighted by Gasteiger charge is -2.21. The molecule has 2 aromatic carbocycles. The van der Waals surface area contributed by atoms with Crippen molar-refractivity contribution >= 4 is 56.5 Å². The Kier molecular flexibility index (Phi) is 25.2. The van der Waals surface area contributed by atoms with E-state index in [2.05, 4.69) is 93.8 Å². The first-order chi connectivity index (χ1) is 34.0. The predicted molar refractivity (Wildman–Crippen MR) is 308 cm³/mol. The number of aryl methyl sites for hydroxylation is 2. The van der Waals surface area contributed by atoms with Gasteiger partial charge in [0, 0.05) is 31.3 Å². The van der Waals surface area contributed by atoms with E-state index in [4.69, 9.17) is 14.3 Å². The quantitative estimate of drug-likeness (QED) is 0.0365. The van der Waals surface area contributed by atoms with Crippen LogP contribution in [0.2, 0.25) is 0 Å². The first-order valence-electron chi connectivity index (χ1n) is 28.8. The summed E-state index contributed by atoms with van der Waals surface area (Å²) in [6, 6.07) is 16.4. The van der Waals surface area contributed by atoms with Crippen LogP contribution in [-0.2, 0) is 25.7 Å². The number of hydrogen-bond donors (Lipinski definition) is 0. The van der Waals surface area contributed by atoms with E-state index in [0.29, 0.717) is 11.8 Å². The highest BCUT2D eigenvalue weighted by atomic mass is 32.1. The van der Waals surface area contributed by atoms with Crippen LogP contribution in [0.25, 0.3) is 53.4 Å². The van der Waals surface area contributed by atoms with Crippen molar-refractivity contribution in [1.29, 1.82) is 0 Å². The molecule has 0 fully saturated rings. The fourth-order valence-corrected chi connectivity index (χ4v) is 13.4. The van der Waals surface area contributed by atoms with Gasteiger partial charge in [-0.1, -0.05) is 233 Å². The lowest BCUT2D eigenvalue weighted by molar-refractivity contribution is 0.427. The van der Waals surface area contributed by atoms with E-state index in [9.17, 15) is 0 Å².